The lowest BCUT2D eigenvalue weighted by Crippen LogP contribution is -2.10. The van der Waals surface area contributed by atoms with Gasteiger partial charge in [-0.2, -0.15) is 0 Å². The third kappa shape index (κ3) is 1.89. The molecule has 0 bridgehead atoms. The maximum Gasteiger partial charge on any atom is 0.337 e. The fourth-order valence-corrected chi connectivity index (χ4v) is 1.69. The predicted octanol–water partition coefficient (Wildman–Crippen LogP) is 1.67. The molecular formula is C10H9NO4S. The van der Waals surface area contributed by atoms with Crippen molar-refractivity contribution >= 4 is 28.8 Å². The van der Waals surface area contributed by atoms with Crippen molar-refractivity contribution in [3.8, 4) is 0 Å². The van der Waals surface area contributed by atoms with Crippen LogP contribution in [0.2, 0.25) is 0 Å². The number of fused-ring (bicyclic) bond motifs is 1. The first-order valence-corrected chi connectivity index (χ1v) is 5.69. The highest BCUT2D eigenvalue weighted by Gasteiger charge is 2.17. The summed E-state index contributed by atoms with van der Waals surface area (Å²) < 4.78 is 5.34. The zero-order valence-electron chi connectivity index (χ0n) is 8.38. The van der Waals surface area contributed by atoms with Gasteiger partial charge in [0.1, 0.15) is 5.52 Å². The highest BCUT2D eigenvalue weighted by atomic mass is 32.2. The molecule has 1 heterocycles. The first-order chi connectivity index (χ1) is 7.61. The van der Waals surface area contributed by atoms with Crippen molar-refractivity contribution in [2.24, 2.45) is 0 Å². The van der Waals surface area contributed by atoms with Crippen molar-refractivity contribution in [1.29, 1.82) is 0 Å². The van der Waals surface area contributed by atoms with Gasteiger partial charge in [-0.1, -0.05) is 17.8 Å². The minimum atomic E-state index is -1.53. The lowest BCUT2D eigenvalue weighted by molar-refractivity contribution is -0.146. The number of carboxylic acids is 1. The molecule has 2 N–H and O–H groups in total. The maximum atomic E-state index is 10.6. The van der Waals surface area contributed by atoms with Crippen LogP contribution in [0, 0.1) is 0 Å². The van der Waals surface area contributed by atoms with Gasteiger partial charge in [-0.3, -0.25) is 0 Å². The summed E-state index contributed by atoms with van der Waals surface area (Å²) in [5, 5.41) is 18.5. The Morgan fingerprint density at radius 3 is 2.94 bits per heavy atom. The van der Waals surface area contributed by atoms with Gasteiger partial charge < -0.3 is 14.6 Å². The summed E-state index contributed by atoms with van der Waals surface area (Å²) in [7, 11) is 0. The van der Waals surface area contributed by atoms with Crippen LogP contribution in [-0.2, 0) is 4.79 Å². The van der Waals surface area contributed by atoms with E-state index in [0.717, 1.165) is 0 Å². The summed E-state index contributed by atoms with van der Waals surface area (Å²) in [6.07, 6.45) is 0.302. The average molecular weight is 239 g/mol. The summed E-state index contributed by atoms with van der Waals surface area (Å²) in [6, 6.07) is 4.62. The van der Waals surface area contributed by atoms with E-state index in [-0.39, 0.29) is 0 Å². The first-order valence-electron chi connectivity index (χ1n) is 4.47. The van der Waals surface area contributed by atoms with Crippen LogP contribution in [-0.4, -0.2) is 27.4 Å². The second kappa shape index (κ2) is 4.15. The van der Waals surface area contributed by atoms with Gasteiger partial charge in [0.05, 0.1) is 0 Å². The van der Waals surface area contributed by atoms with Crippen molar-refractivity contribution in [1.82, 2.24) is 4.98 Å². The van der Waals surface area contributed by atoms with Crippen molar-refractivity contribution in [2.45, 2.75) is 11.3 Å². The maximum absolute atomic E-state index is 10.6. The summed E-state index contributed by atoms with van der Waals surface area (Å²) in [5.41, 5.74) is 1.41. The smallest absolute Gasteiger partial charge is 0.337 e. The SMILES string of the molecule is CSc1nc2cc(C(O)C(=O)O)ccc2o1. The Balaban J connectivity index is 2.46. The second-order valence-corrected chi connectivity index (χ2v) is 3.91. The highest BCUT2D eigenvalue weighted by Crippen LogP contribution is 2.24. The summed E-state index contributed by atoms with van der Waals surface area (Å²) in [5.74, 6) is -1.28. The molecule has 16 heavy (non-hydrogen) atoms. The number of carbonyl (C=O) groups is 1. The van der Waals surface area contributed by atoms with E-state index in [1.54, 1.807) is 6.07 Å². The van der Waals surface area contributed by atoms with Crippen molar-refractivity contribution in [3.05, 3.63) is 23.8 Å². The molecule has 0 saturated heterocycles. The number of benzene rings is 1. The Morgan fingerprint density at radius 1 is 1.56 bits per heavy atom. The number of hydrogen-bond acceptors (Lipinski definition) is 5. The number of hydrogen-bond donors (Lipinski definition) is 2. The Kier molecular flexibility index (Phi) is 2.84. The van der Waals surface area contributed by atoms with Crippen LogP contribution in [0.5, 0.6) is 0 Å². The fraction of sp³-hybridized carbons (Fsp3) is 0.200. The average Bonchev–Trinajstić information content (AvgIpc) is 2.69. The molecule has 0 aliphatic carbocycles. The van der Waals surface area contributed by atoms with Gasteiger partial charge in [-0.15, -0.1) is 0 Å². The number of thioether (sulfide) groups is 1. The monoisotopic (exact) mass is 239 g/mol. The van der Waals surface area contributed by atoms with Gasteiger partial charge >= 0.3 is 5.97 Å². The number of aliphatic carboxylic acids is 1. The predicted molar refractivity (Wildman–Crippen MR) is 58.4 cm³/mol. The molecule has 1 unspecified atom stereocenters. The van der Waals surface area contributed by atoms with Crippen LogP contribution in [0.1, 0.15) is 11.7 Å². The molecule has 0 aliphatic rings. The summed E-state index contributed by atoms with van der Waals surface area (Å²) >= 11 is 1.36. The van der Waals surface area contributed by atoms with E-state index in [0.29, 0.717) is 21.9 Å². The van der Waals surface area contributed by atoms with Crippen LogP contribution < -0.4 is 0 Å². The number of oxazole rings is 1. The van der Waals surface area contributed by atoms with Gasteiger partial charge in [0.15, 0.2) is 11.7 Å². The van der Waals surface area contributed by atoms with Crippen LogP contribution in [0.15, 0.2) is 27.8 Å². The van der Waals surface area contributed by atoms with Crippen molar-refractivity contribution in [3.63, 3.8) is 0 Å². The molecular weight excluding hydrogens is 230 g/mol. The Morgan fingerprint density at radius 2 is 2.31 bits per heavy atom. The third-order valence-corrected chi connectivity index (χ3v) is 2.64. The minimum absolute atomic E-state index is 0.293. The van der Waals surface area contributed by atoms with Gasteiger partial charge in [0, 0.05) is 0 Å². The molecule has 6 heteroatoms. The molecule has 2 aromatic rings. The molecule has 0 fully saturated rings. The van der Waals surface area contributed by atoms with Crippen LogP contribution in [0.25, 0.3) is 11.1 Å². The number of aromatic nitrogens is 1. The molecule has 1 aromatic carbocycles. The standard InChI is InChI=1S/C10H9NO4S/c1-16-10-11-6-4-5(8(12)9(13)14)2-3-7(6)15-10/h2-4,8,12H,1H3,(H,13,14). The summed E-state index contributed by atoms with van der Waals surface area (Å²) in [6.45, 7) is 0. The molecule has 0 saturated carbocycles. The van der Waals surface area contributed by atoms with E-state index in [9.17, 15) is 9.90 Å². The van der Waals surface area contributed by atoms with Gasteiger partial charge in [0.25, 0.3) is 5.22 Å². The number of carboxylic acid groups (broad SMARTS) is 1. The molecule has 5 nitrogen and oxygen atoms in total. The Bertz CT molecular complexity index is 537. The number of rotatable bonds is 3. The largest absolute Gasteiger partial charge is 0.479 e. The van der Waals surface area contributed by atoms with Crippen molar-refractivity contribution in [2.75, 3.05) is 6.26 Å². The molecule has 0 aliphatic heterocycles. The fourth-order valence-electron chi connectivity index (χ4n) is 1.32. The first kappa shape index (κ1) is 11.0. The minimum Gasteiger partial charge on any atom is -0.479 e. The second-order valence-electron chi connectivity index (χ2n) is 3.15. The number of aliphatic hydroxyl groups is 1. The zero-order valence-corrected chi connectivity index (χ0v) is 9.19. The van der Waals surface area contributed by atoms with E-state index >= 15 is 0 Å². The van der Waals surface area contributed by atoms with Crippen LogP contribution >= 0.6 is 11.8 Å². The quantitative estimate of drug-likeness (QED) is 0.792. The number of nitrogens with zero attached hydrogens (tertiary/aromatic N) is 1. The van der Waals surface area contributed by atoms with E-state index in [4.69, 9.17) is 9.52 Å². The van der Waals surface area contributed by atoms with E-state index < -0.39 is 12.1 Å². The van der Waals surface area contributed by atoms with Crippen molar-refractivity contribution < 1.29 is 19.4 Å². The third-order valence-electron chi connectivity index (χ3n) is 2.12. The Hall–Kier alpha value is -1.53. The van der Waals surface area contributed by atoms with Gasteiger partial charge in [-0.05, 0) is 24.0 Å². The van der Waals surface area contributed by atoms with E-state index in [2.05, 4.69) is 4.98 Å². The topological polar surface area (TPSA) is 83.6 Å². The molecule has 1 atom stereocenters. The molecule has 84 valence electrons. The normalized spacial score (nSPS) is 12.9. The van der Waals surface area contributed by atoms with Gasteiger partial charge in [0.2, 0.25) is 0 Å². The lowest BCUT2D eigenvalue weighted by atomic mass is 10.1. The molecule has 1 aromatic heterocycles. The molecule has 0 radical (unpaired) electrons. The number of aliphatic hydroxyl groups excluding tert-OH is 1. The molecule has 0 spiro atoms. The zero-order chi connectivity index (χ0) is 11.7. The van der Waals surface area contributed by atoms with Gasteiger partial charge in [-0.25, -0.2) is 9.78 Å². The van der Waals surface area contributed by atoms with E-state index in [1.807, 2.05) is 6.26 Å². The summed E-state index contributed by atoms with van der Waals surface area (Å²) in [4.78, 5) is 14.7. The highest BCUT2D eigenvalue weighted by molar-refractivity contribution is 7.98. The molecule has 2 rings (SSSR count). The van der Waals surface area contributed by atoms with E-state index in [1.165, 1.54) is 23.9 Å². The lowest BCUT2D eigenvalue weighted by Gasteiger charge is -2.03. The van der Waals surface area contributed by atoms with Crippen LogP contribution in [0.3, 0.4) is 0 Å². The molecule has 0 amide bonds. The van der Waals surface area contributed by atoms with Crippen LogP contribution in [0.4, 0.5) is 0 Å². The Labute approximate surface area is 95.1 Å².